The number of benzene rings is 1. The summed E-state index contributed by atoms with van der Waals surface area (Å²) in [7, 11) is 0. The third kappa shape index (κ3) is 2.95. The van der Waals surface area contributed by atoms with E-state index >= 15 is 0 Å². The second-order valence-corrected chi connectivity index (χ2v) is 4.93. The van der Waals surface area contributed by atoms with Crippen LogP contribution in [0.4, 0.5) is 0 Å². The monoisotopic (exact) mass is 200 g/mol. The Morgan fingerprint density at radius 2 is 2.00 bits per heavy atom. The van der Waals surface area contributed by atoms with Gasteiger partial charge in [-0.05, 0) is 43.1 Å². The highest BCUT2D eigenvalue weighted by molar-refractivity contribution is 5.15. The van der Waals surface area contributed by atoms with Crippen LogP contribution in [-0.4, -0.2) is 0 Å². The number of hydrogen-bond donors (Lipinski definition) is 0. The van der Waals surface area contributed by atoms with Crippen molar-refractivity contribution < 1.29 is 0 Å². The molecule has 0 heteroatoms. The first-order valence-corrected chi connectivity index (χ1v) is 6.00. The molecule has 1 aromatic carbocycles. The Kier molecular flexibility index (Phi) is 3.25. The summed E-state index contributed by atoms with van der Waals surface area (Å²) in [4.78, 5) is 0. The lowest BCUT2D eigenvalue weighted by Gasteiger charge is -2.28. The van der Waals surface area contributed by atoms with Gasteiger partial charge in [0.25, 0.3) is 0 Å². The molecule has 1 atom stereocenters. The van der Waals surface area contributed by atoms with E-state index in [1.807, 2.05) is 0 Å². The van der Waals surface area contributed by atoms with E-state index in [1.165, 1.54) is 37.7 Å². The van der Waals surface area contributed by atoms with E-state index in [2.05, 4.69) is 49.4 Å². The molecule has 0 amide bonds. The SMILES string of the molecule is CC1(CCc2ccccc2)C=CCCC1. The molecular weight excluding hydrogens is 180 g/mol. The van der Waals surface area contributed by atoms with Gasteiger partial charge in [0.2, 0.25) is 0 Å². The molecule has 0 radical (unpaired) electrons. The highest BCUT2D eigenvalue weighted by Gasteiger charge is 2.21. The molecule has 0 saturated heterocycles. The van der Waals surface area contributed by atoms with E-state index in [1.54, 1.807) is 0 Å². The molecule has 0 saturated carbocycles. The normalized spacial score (nSPS) is 25.4. The summed E-state index contributed by atoms with van der Waals surface area (Å²) in [6, 6.07) is 10.8. The van der Waals surface area contributed by atoms with E-state index in [0.717, 1.165) is 0 Å². The molecule has 15 heavy (non-hydrogen) atoms. The zero-order chi connectivity index (χ0) is 10.6. The second kappa shape index (κ2) is 4.65. The molecule has 80 valence electrons. The van der Waals surface area contributed by atoms with Gasteiger partial charge in [-0.1, -0.05) is 49.4 Å². The van der Waals surface area contributed by atoms with Crippen LogP contribution >= 0.6 is 0 Å². The Morgan fingerprint density at radius 3 is 2.67 bits per heavy atom. The smallest absolute Gasteiger partial charge is 0.0143 e. The van der Waals surface area contributed by atoms with Gasteiger partial charge >= 0.3 is 0 Å². The van der Waals surface area contributed by atoms with Crippen LogP contribution in [0.2, 0.25) is 0 Å². The van der Waals surface area contributed by atoms with Gasteiger partial charge in [0.1, 0.15) is 0 Å². The maximum Gasteiger partial charge on any atom is -0.0143 e. The fourth-order valence-electron chi connectivity index (χ4n) is 2.36. The van der Waals surface area contributed by atoms with E-state index < -0.39 is 0 Å². The third-order valence-corrected chi connectivity index (χ3v) is 3.47. The van der Waals surface area contributed by atoms with Crippen LogP contribution in [-0.2, 0) is 6.42 Å². The first-order valence-electron chi connectivity index (χ1n) is 6.00. The maximum atomic E-state index is 2.43. The first-order chi connectivity index (χ1) is 7.29. The van der Waals surface area contributed by atoms with Gasteiger partial charge in [0.05, 0.1) is 0 Å². The minimum absolute atomic E-state index is 0.452. The predicted octanol–water partition coefficient (Wildman–Crippen LogP) is 4.37. The van der Waals surface area contributed by atoms with Crippen LogP contribution in [0, 0.1) is 5.41 Å². The zero-order valence-electron chi connectivity index (χ0n) is 9.58. The topological polar surface area (TPSA) is 0 Å². The molecule has 0 aromatic heterocycles. The standard InChI is InChI=1S/C15H20/c1-15(11-6-3-7-12-15)13-10-14-8-4-2-5-9-14/h2,4-6,8-9,11H,3,7,10,12-13H2,1H3. The van der Waals surface area contributed by atoms with Gasteiger partial charge in [0, 0.05) is 0 Å². The summed E-state index contributed by atoms with van der Waals surface area (Å²) in [5, 5.41) is 0. The fraction of sp³-hybridized carbons (Fsp3) is 0.467. The Morgan fingerprint density at radius 1 is 1.20 bits per heavy atom. The molecule has 0 N–H and O–H groups in total. The molecule has 0 aliphatic heterocycles. The first kappa shape index (κ1) is 10.5. The van der Waals surface area contributed by atoms with Gasteiger partial charge in [-0.3, -0.25) is 0 Å². The number of allylic oxidation sites excluding steroid dienone is 2. The van der Waals surface area contributed by atoms with Gasteiger partial charge in [-0.15, -0.1) is 0 Å². The molecule has 0 fully saturated rings. The van der Waals surface area contributed by atoms with Crippen molar-refractivity contribution in [3.63, 3.8) is 0 Å². The third-order valence-electron chi connectivity index (χ3n) is 3.47. The molecule has 1 aliphatic rings. The zero-order valence-corrected chi connectivity index (χ0v) is 9.58. The Balaban J connectivity index is 1.93. The molecule has 0 bridgehead atoms. The van der Waals surface area contributed by atoms with Crippen LogP contribution in [0.5, 0.6) is 0 Å². The van der Waals surface area contributed by atoms with Crippen LogP contribution in [0.15, 0.2) is 42.5 Å². The highest BCUT2D eigenvalue weighted by Crippen LogP contribution is 2.34. The van der Waals surface area contributed by atoms with Gasteiger partial charge < -0.3 is 0 Å². The van der Waals surface area contributed by atoms with E-state index in [-0.39, 0.29) is 0 Å². The minimum atomic E-state index is 0.452. The highest BCUT2D eigenvalue weighted by atomic mass is 14.3. The van der Waals surface area contributed by atoms with Crippen LogP contribution in [0.3, 0.4) is 0 Å². The molecule has 1 unspecified atom stereocenters. The summed E-state index contributed by atoms with van der Waals surface area (Å²) in [5.41, 5.74) is 1.92. The van der Waals surface area contributed by atoms with Crippen LogP contribution < -0.4 is 0 Å². The maximum absolute atomic E-state index is 2.43. The van der Waals surface area contributed by atoms with Crippen molar-refractivity contribution in [3.8, 4) is 0 Å². The van der Waals surface area contributed by atoms with E-state index in [9.17, 15) is 0 Å². The quantitative estimate of drug-likeness (QED) is 0.636. The lowest BCUT2D eigenvalue weighted by molar-refractivity contribution is 0.337. The second-order valence-electron chi connectivity index (χ2n) is 4.93. The van der Waals surface area contributed by atoms with Crippen molar-refractivity contribution in [3.05, 3.63) is 48.0 Å². The molecular formula is C15H20. The summed E-state index contributed by atoms with van der Waals surface area (Å²) in [6.45, 7) is 2.39. The average Bonchev–Trinajstić information content (AvgIpc) is 2.29. The number of aryl methyl sites for hydroxylation is 1. The van der Waals surface area contributed by atoms with Crippen molar-refractivity contribution in [2.45, 2.75) is 39.0 Å². The minimum Gasteiger partial charge on any atom is -0.0880 e. The Bertz CT molecular complexity index is 323. The summed E-state index contributed by atoms with van der Waals surface area (Å²) < 4.78 is 0. The summed E-state index contributed by atoms with van der Waals surface area (Å²) in [5.74, 6) is 0. The largest absolute Gasteiger partial charge is 0.0880 e. The lowest BCUT2D eigenvalue weighted by atomic mass is 9.77. The predicted molar refractivity (Wildman–Crippen MR) is 65.9 cm³/mol. The van der Waals surface area contributed by atoms with Crippen LogP contribution in [0.25, 0.3) is 0 Å². The fourth-order valence-corrected chi connectivity index (χ4v) is 2.36. The average molecular weight is 200 g/mol. The van der Waals surface area contributed by atoms with Crippen molar-refractivity contribution in [1.29, 1.82) is 0 Å². The summed E-state index contributed by atoms with van der Waals surface area (Å²) in [6.07, 6.45) is 11.3. The van der Waals surface area contributed by atoms with E-state index in [4.69, 9.17) is 0 Å². The Hall–Kier alpha value is -1.04. The molecule has 2 rings (SSSR count). The molecule has 0 nitrogen and oxygen atoms in total. The van der Waals surface area contributed by atoms with Crippen molar-refractivity contribution in [2.24, 2.45) is 5.41 Å². The van der Waals surface area contributed by atoms with Gasteiger partial charge in [-0.2, -0.15) is 0 Å². The summed E-state index contributed by atoms with van der Waals surface area (Å²) >= 11 is 0. The number of rotatable bonds is 3. The van der Waals surface area contributed by atoms with Crippen molar-refractivity contribution in [1.82, 2.24) is 0 Å². The number of hydrogen-bond acceptors (Lipinski definition) is 0. The van der Waals surface area contributed by atoms with Crippen LogP contribution in [0.1, 0.15) is 38.2 Å². The van der Waals surface area contributed by atoms with Gasteiger partial charge in [0.15, 0.2) is 0 Å². The van der Waals surface area contributed by atoms with E-state index in [0.29, 0.717) is 5.41 Å². The van der Waals surface area contributed by atoms with Crippen molar-refractivity contribution in [2.75, 3.05) is 0 Å². The van der Waals surface area contributed by atoms with Gasteiger partial charge in [-0.25, -0.2) is 0 Å². The van der Waals surface area contributed by atoms with Crippen molar-refractivity contribution >= 4 is 0 Å². The molecule has 1 aromatic rings. The molecule has 0 heterocycles. The lowest BCUT2D eigenvalue weighted by Crippen LogP contribution is -2.16. The Labute approximate surface area is 93.0 Å². The molecule has 0 spiro atoms. The molecule has 1 aliphatic carbocycles.